The Kier molecular flexibility index (Phi) is 6.17. The molecule has 0 aromatic heterocycles. The summed E-state index contributed by atoms with van der Waals surface area (Å²) in [6.45, 7) is 3.54. The van der Waals surface area contributed by atoms with E-state index in [9.17, 15) is 0 Å². The third-order valence-corrected chi connectivity index (χ3v) is 3.48. The molecule has 0 bridgehead atoms. The average molecular weight is 360 g/mol. The number of ether oxygens (including phenoxy) is 2. The molecule has 0 unspecified atom stereocenters. The molecule has 0 heterocycles. The largest absolute Gasteiger partial charge is 0.494 e. The quantitative estimate of drug-likeness (QED) is 0.739. The highest BCUT2D eigenvalue weighted by molar-refractivity contribution is 9.10. The summed E-state index contributed by atoms with van der Waals surface area (Å²) in [4.78, 5) is 0. The molecule has 2 rings (SSSR count). The van der Waals surface area contributed by atoms with Gasteiger partial charge in [0.1, 0.15) is 18.1 Å². The minimum atomic E-state index is 0.262. The lowest BCUT2D eigenvalue weighted by molar-refractivity contribution is 0.340. The first-order chi connectivity index (χ1) is 10.7. The van der Waals surface area contributed by atoms with Crippen LogP contribution in [0.4, 0.5) is 5.69 Å². The van der Waals surface area contributed by atoms with Crippen molar-refractivity contribution in [3.8, 4) is 23.8 Å². The number of hydrogen-bond donors (Lipinski definition) is 1. The summed E-state index contributed by atoms with van der Waals surface area (Å²) in [5.41, 5.74) is 2.06. The van der Waals surface area contributed by atoms with E-state index in [4.69, 9.17) is 15.9 Å². The van der Waals surface area contributed by atoms with Crippen molar-refractivity contribution in [1.29, 1.82) is 0 Å². The Morgan fingerprint density at radius 1 is 1.14 bits per heavy atom. The molecular weight excluding hydrogens is 342 g/mol. The molecule has 0 spiro atoms. The number of rotatable bonds is 7. The van der Waals surface area contributed by atoms with E-state index in [1.54, 1.807) is 0 Å². The molecule has 0 saturated heterocycles. The monoisotopic (exact) mass is 359 g/mol. The van der Waals surface area contributed by atoms with E-state index in [-0.39, 0.29) is 6.61 Å². The summed E-state index contributed by atoms with van der Waals surface area (Å²) in [6.07, 6.45) is 5.25. The van der Waals surface area contributed by atoms with E-state index in [0.29, 0.717) is 13.2 Å². The van der Waals surface area contributed by atoms with Gasteiger partial charge in [0.2, 0.25) is 0 Å². The number of terminal acetylenes is 1. The molecule has 4 heteroatoms. The molecule has 0 saturated carbocycles. The van der Waals surface area contributed by atoms with Crippen LogP contribution in [0, 0.1) is 12.3 Å². The molecule has 0 fully saturated rings. The second kappa shape index (κ2) is 8.35. The van der Waals surface area contributed by atoms with Crippen LogP contribution in [0.3, 0.4) is 0 Å². The van der Waals surface area contributed by atoms with Crippen LogP contribution in [-0.4, -0.2) is 13.2 Å². The average Bonchev–Trinajstić information content (AvgIpc) is 2.53. The molecular formula is C18H18BrNO2. The van der Waals surface area contributed by atoms with Crippen molar-refractivity contribution in [3.05, 3.63) is 52.5 Å². The van der Waals surface area contributed by atoms with E-state index < -0.39 is 0 Å². The smallest absolute Gasteiger partial charge is 0.148 e. The molecule has 2 aromatic rings. The standard InChI is InChI=1S/C18H18BrNO2/c1-3-11-22-18-10-5-15(19)12-14(18)13-20-16-6-8-17(9-7-16)21-4-2/h1,5-10,12,20H,4,11,13H2,2H3. The number of halogens is 1. The number of nitrogens with one attached hydrogen (secondary N) is 1. The van der Waals surface area contributed by atoms with E-state index in [0.717, 1.165) is 27.2 Å². The Hall–Kier alpha value is -2.12. The fourth-order valence-electron chi connectivity index (χ4n) is 1.98. The first-order valence-corrected chi connectivity index (χ1v) is 7.83. The van der Waals surface area contributed by atoms with E-state index in [1.807, 2.05) is 49.4 Å². The van der Waals surface area contributed by atoms with Crippen molar-refractivity contribution in [2.24, 2.45) is 0 Å². The van der Waals surface area contributed by atoms with Crippen LogP contribution in [-0.2, 0) is 6.54 Å². The minimum Gasteiger partial charge on any atom is -0.494 e. The van der Waals surface area contributed by atoms with Crippen LogP contribution in [0.15, 0.2) is 46.9 Å². The van der Waals surface area contributed by atoms with Crippen LogP contribution >= 0.6 is 15.9 Å². The lowest BCUT2D eigenvalue weighted by Crippen LogP contribution is -2.04. The van der Waals surface area contributed by atoms with Gasteiger partial charge in [0.25, 0.3) is 0 Å². The van der Waals surface area contributed by atoms with Crippen molar-refractivity contribution in [2.75, 3.05) is 18.5 Å². The maximum absolute atomic E-state index is 5.56. The zero-order chi connectivity index (χ0) is 15.8. The lowest BCUT2D eigenvalue weighted by atomic mass is 10.2. The highest BCUT2D eigenvalue weighted by atomic mass is 79.9. The molecule has 22 heavy (non-hydrogen) atoms. The zero-order valence-electron chi connectivity index (χ0n) is 12.4. The molecule has 0 atom stereocenters. The molecule has 0 radical (unpaired) electrons. The number of hydrogen-bond acceptors (Lipinski definition) is 3. The van der Waals surface area contributed by atoms with Crippen LogP contribution in [0.2, 0.25) is 0 Å². The molecule has 0 amide bonds. The summed E-state index contributed by atoms with van der Waals surface area (Å²) in [7, 11) is 0. The van der Waals surface area contributed by atoms with Gasteiger partial charge in [-0.25, -0.2) is 0 Å². The summed E-state index contributed by atoms with van der Waals surface area (Å²) < 4.78 is 12.0. The van der Waals surface area contributed by atoms with Crippen molar-refractivity contribution in [3.63, 3.8) is 0 Å². The molecule has 114 valence electrons. The fraction of sp³-hybridized carbons (Fsp3) is 0.222. The molecule has 2 aromatic carbocycles. The zero-order valence-corrected chi connectivity index (χ0v) is 14.0. The normalized spacial score (nSPS) is 9.86. The molecule has 0 aliphatic heterocycles. The van der Waals surface area contributed by atoms with Crippen molar-refractivity contribution in [2.45, 2.75) is 13.5 Å². The third kappa shape index (κ3) is 4.71. The van der Waals surface area contributed by atoms with Gasteiger partial charge in [0, 0.05) is 22.3 Å². The van der Waals surface area contributed by atoms with Crippen LogP contribution in [0.1, 0.15) is 12.5 Å². The van der Waals surface area contributed by atoms with Gasteiger partial charge >= 0.3 is 0 Å². The van der Waals surface area contributed by atoms with Gasteiger partial charge in [-0.05, 0) is 49.4 Å². The Bertz CT molecular complexity index is 647. The van der Waals surface area contributed by atoms with Gasteiger partial charge in [-0.1, -0.05) is 21.9 Å². The van der Waals surface area contributed by atoms with Gasteiger partial charge in [-0.15, -0.1) is 6.42 Å². The molecule has 1 N–H and O–H groups in total. The van der Waals surface area contributed by atoms with E-state index >= 15 is 0 Å². The highest BCUT2D eigenvalue weighted by Crippen LogP contribution is 2.25. The second-order valence-corrected chi connectivity index (χ2v) is 5.47. The summed E-state index contributed by atoms with van der Waals surface area (Å²) in [6, 6.07) is 13.7. The van der Waals surface area contributed by atoms with Crippen LogP contribution < -0.4 is 14.8 Å². The fourth-order valence-corrected chi connectivity index (χ4v) is 2.39. The summed E-state index contributed by atoms with van der Waals surface area (Å²) >= 11 is 3.48. The minimum absolute atomic E-state index is 0.262. The Balaban J connectivity index is 2.03. The molecule has 0 aliphatic rings. The van der Waals surface area contributed by atoms with Gasteiger partial charge in [-0.3, -0.25) is 0 Å². The maximum Gasteiger partial charge on any atom is 0.148 e. The van der Waals surface area contributed by atoms with Gasteiger partial charge in [-0.2, -0.15) is 0 Å². The number of benzene rings is 2. The van der Waals surface area contributed by atoms with Crippen molar-refractivity contribution >= 4 is 21.6 Å². The molecule has 3 nitrogen and oxygen atoms in total. The maximum atomic E-state index is 5.56. The number of anilines is 1. The second-order valence-electron chi connectivity index (χ2n) is 4.56. The van der Waals surface area contributed by atoms with Crippen LogP contribution in [0.25, 0.3) is 0 Å². The van der Waals surface area contributed by atoms with E-state index in [1.165, 1.54) is 0 Å². The first-order valence-electron chi connectivity index (χ1n) is 7.04. The topological polar surface area (TPSA) is 30.5 Å². The highest BCUT2D eigenvalue weighted by Gasteiger charge is 2.05. The summed E-state index contributed by atoms with van der Waals surface area (Å²) in [5.74, 6) is 4.14. The van der Waals surface area contributed by atoms with Crippen LogP contribution in [0.5, 0.6) is 11.5 Å². The first kappa shape index (κ1) is 16.3. The Labute approximate surface area is 139 Å². The van der Waals surface area contributed by atoms with Gasteiger partial charge in [0.15, 0.2) is 0 Å². The Morgan fingerprint density at radius 2 is 1.91 bits per heavy atom. The Morgan fingerprint density at radius 3 is 2.59 bits per heavy atom. The molecule has 0 aliphatic carbocycles. The van der Waals surface area contributed by atoms with Gasteiger partial charge in [0.05, 0.1) is 6.61 Å². The van der Waals surface area contributed by atoms with Crippen molar-refractivity contribution < 1.29 is 9.47 Å². The predicted molar refractivity (Wildman–Crippen MR) is 93.4 cm³/mol. The predicted octanol–water partition coefficient (Wildman–Crippen LogP) is 4.47. The van der Waals surface area contributed by atoms with Crippen molar-refractivity contribution in [1.82, 2.24) is 0 Å². The van der Waals surface area contributed by atoms with Gasteiger partial charge < -0.3 is 14.8 Å². The summed E-state index contributed by atoms with van der Waals surface area (Å²) in [5, 5.41) is 3.37. The SMILES string of the molecule is C#CCOc1ccc(Br)cc1CNc1ccc(OCC)cc1. The van der Waals surface area contributed by atoms with E-state index in [2.05, 4.69) is 27.2 Å². The lowest BCUT2D eigenvalue weighted by Gasteiger charge is -2.12. The third-order valence-electron chi connectivity index (χ3n) is 2.98.